The molecule has 7 nitrogen and oxygen atoms in total. The lowest BCUT2D eigenvalue weighted by molar-refractivity contribution is 0.0519. The first-order valence-electron chi connectivity index (χ1n) is 9.68. The molecule has 0 spiro atoms. The lowest BCUT2D eigenvalue weighted by Crippen LogP contribution is -2.16. The first kappa shape index (κ1) is 23.0. The van der Waals surface area contributed by atoms with Crippen molar-refractivity contribution in [3.63, 3.8) is 0 Å². The van der Waals surface area contributed by atoms with Gasteiger partial charge in [-0.25, -0.2) is 9.78 Å². The highest BCUT2D eigenvalue weighted by atomic mass is 16.5. The molecule has 0 aliphatic carbocycles. The number of esters is 1. The first-order valence-corrected chi connectivity index (χ1v) is 9.68. The Kier molecular flexibility index (Phi) is 8.98. The Bertz CT molecular complexity index is 916. The SMILES string of the molecule is CCOC(=O)c1ccc(OCCCN(C)C)c(C#Cc2ccc(OC)c(OC)c2)n1. The van der Waals surface area contributed by atoms with Crippen LogP contribution in [-0.2, 0) is 4.74 Å². The lowest BCUT2D eigenvalue weighted by Gasteiger charge is -2.11. The number of nitrogens with zero attached hydrogens (tertiary/aromatic N) is 2. The maximum atomic E-state index is 12.1. The molecule has 30 heavy (non-hydrogen) atoms. The second-order valence-electron chi connectivity index (χ2n) is 6.59. The molecule has 0 saturated heterocycles. The maximum Gasteiger partial charge on any atom is 0.356 e. The van der Waals surface area contributed by atoms with Crippen LogP contribution < -0.4 is 14.2 Å². The van der Waals surface area contributed by atoms with Gasteiger partial charge in [0.15, 0.2) is 22.9 Å². The molecule has 1 heterocycles. The predicted octanol–water partition coefficient (Wildman–Crippen LogP) is 3.01. The highest BCUT2D eigenvalue weighted by Gasteiger charge is 2.12. The van der Waals surface area contributed by atoms with E-state index >= 15 is 0 Å². The van der Waals surface area contributed by atoms with Gasteiger partial charge in [0.25, 0.3) is 0 Å². The van der Waals surface area contributed by atoms with Crippen LogP contribution in [0.25, 0.3) is 0 Å². The van der Waals surface area contributed by atoms with Crippen LogP contribution in [0.2, 0.25) is 0 Å². The van der Waals surface area contributed by atoms with Gasteiger partial charge in [0.2, 0.25) is 0 Å². The summed E-state index contributed by atoms with van der Waals surface area (Å²) in [6.45, 7) is 3.44. The Labute approximate surface area is 177 Å². The van der Waals surface area contributed by atoms with E-state index < -0.39 is 5.97 Å². The molecule has 160 valence electrons. The van der Waals surface area contributed by atoms with Gasteiger partial charge in [-0.2, -0.15) is 0 Å². The van der Waals surface area contributed by atoms with Crippen molar-refractivity contribution in [2.24, 2.45) is 0 Å². The summed E-state index contributed by atoms with van der Waals surface area (Å²) in [6, 6.07) is 8.66. The molecule has 0 aliphatic rings. The third kappa shape index (κ3) is 6.68. The summed E-state index contributed by atoms with van der Waals surface area (Å²) in [7, 11) is 7.17. The predicted molar refractivity (Wildman–Crippen MR) is 114 cm³/mol. The van der Waals surface area contributed by atoms with E-state index in [4.69, 9.17) is 18.9 Å². The molecule has 7 heteroatoms. The number of aromatic nitrogens is 1. The Morgan fingerprint density at radius 2 is 1.77 bits per heavy atom. The van der Waals surface area contributed by atoms with Crippen LogP contribution in [0.1, 0.15) is 35.1 Å². The number of ether oxygens (including phenoxy) is 4. The third-order valence-electron chi connectivity index (χ3n) is 4.06. The monoisotopic (exact) mass is 412 g/mol. The summed E-state index contributed by atoms with van der Waals surface area (Å²) < 4.78 is 21.5. The zero-order valence-electron chi connectivity index (χ0n) is 18.2. The van der Waals surface area contributed by atoms with Crippen LogP contribution in [0.5, 0.6) is 17.2 Å². The zero-order chi connectivity index (χ0) is 21.9. The molecule has 0 amide bonds. The van der Waals surface area contributed by atoms with Gasteiger partial charge < -0.3 is 23.8 Å². The van der Waals surface area contributed by atoms with Gasteiger partial charge in [0.05, 0.1) is 27.4 Å². The molecule has 2 aromatic rings. The van der Waals surface area contributed by atoms with Gasteiger partial charge in [-0.1, -0.05) is 5.92 Å². The van der Waals surface area contributed by atoms with Gasteiger partial charge in [0, 0.05) is 12.1 Å². The number of carbonyl (C=O) groups excluding carboxylic acids is 1. The average molecular weight is 412 g/mol. The minimum atomic E-state index is -0.495. The number of pyridine rings is 1. The topological polar surface area (TPSA) is 70.1 Å². The van der Waals surface area contributed by atoms with Gasteiger partial charge in [0.1, 0.15) is 5.69 Å². The Hall–Kier alpha value is -3.24. The molecule has 0 N–H and O–H groups in total. The number of hydrogen-bond donors (Lipinski definition) is 0. The van der Waals surface area contributed by atoms with Crippen molar-refractivity contribution in [3.05, 3.63) is 47.3 Å². The summed E-state index contributed by atoms with van der Waals surface area (Å²) in [5.41, 5.74) is 1.28. The van der Waals surface area contributed by atoms with E-state index in [2.05, 4.69) is 21.7 Å². The van der Waals surface area contributed by atoms with Gasteiger partial charge in [-0.05, 0) is 63.7 Å². The molecule has 0 fully saturated rings. The molecule has 0 unspecified atom stereocenters. The largest absolute Gasteiger partial charge is 0.493 e. The summed E-state index contributed by atoms with van der Waals surface area (Å²) in [5, 5.41) is 0. The summed E-state index contributed by atoms with van der Waals surface area (Å²) in [4.78, 5) is 18.5. The van der Waals surface area contributed by atoms with E-state index in [1.54, 1.807) is 45.4 Å². The molecular formula is C23H28N2O5. The van der Waals surface area contributed by atoms with Crippen molar-refractivity contribution in [2.75, 3.05) is 48.1 Å². The fraction of sp³-hybridized carbons (Fsp3) is 0.391. The highest BCUT2D eigenvalue weighted by molar-refractivity contribution is 5.87. The highest BCUT2D eigenvalue weighted by Crippen LogP contribution is 2.27. The van der Waals surface area contributed by atoms with Crippen LogP contribution in [0.15, 0.2) is 30.3 Å². The molecular weight excluding hydrogens is 384 g/mol. The molecule has 0 saturated carbocycles. The Balaban J connectivity index is 2.31. The fourth-order valence-electron chi connectivity index (χ4n) is 2.58. The number of hydrogen-bond acceptors (Lipinski definition) is 7. The molecule has 0 aliphatic heterocycles. The standard InChI is InChI=1S/C23H28N2O5/c1-6-29-23(26)19-11-13-20(30-15-7-14-25(2)3)18(24-19)10-8-17-9-12-21(27-4)22(16-17)28-5/h9,11-13,16H,6-7,14-15H2,1-5H3. The second-order valence-corrected chi connectivity index (χ2v) is 6.59. The summed E-state index contributed by atoms with van der Waals surface area (Å²) >= 11 is 0. The minimum Gasteiger partial charge on any atom is -0.493 e. The van der Waals surface area contributed by atoms with Crippen molar-refractivity contribution in [2.45, 2.75) is 13.3 Å². The first-order chi connectivity index (χ1) is 14.5. The van der Waals surface area contributed by atoms with E-state index in [1.165, 1.54) is 0 Å². The Morgan fingerprint density at radius 3 is 2.43 bits per heavy atom. The van der Waals surface area contributed by atoms with Crippen LogP contribution >= 0.6 is 0 Å². The average Bonchev–Trinajstić information content (AvgIpc) is 2.75. The number of benzene rings is 1. The fourth-order valence-corrected chi connectivity index (χ4v) is 2.58. The quantitative estimate of drug-likeness (QED) is 0.356. The van der Waals surface area contributed by atoms with Crippen molar-refractivity contribution in [3.8, 4) is 29.1 Å². The van der Waals surface area contributed by atoms with E-state index in [1.807, 2.05) is 20.2 Å². The van der Waals surface area contributed by atoms with Crippen molar-refractivity contribution < 1.29 is 23.7 Å². The van der Waals surface area contributed by atoms with Crippen molar-refractivity contribution in [1.29, 1.82) is 0 Å². The number of rotatable bonds is 9. The number of carbonyl (C=O) groups is 1. The minimum absolute atomic E-state index is 0.189. The van der Waals surface area contributed by atoms with Gasteiger partial charge >= 0.3 is 5.97 Å². The molecule has 1 aromatic heterocycles. The van der Waals surface area contributed by atoms with Gasteiger partial charge in [-0.3, -0.25) is 0 Å². The summed E-state index contributed by atoms with van der Waals surface area (Å²) in [6.07, 6.45) is 0.856. The van der Waals surface area contributed by atoms with Crippen LogP contribution in [-0.4, -0.2) is 63.9 Å². The third-order valence-corrected chi connectivity index (χ3v) is 4.06. The zero-order valence-corrected chi connectivity index (χ0v) is 18.2. The van der Waals surface area contributed by atoms with E-state index in [0.29, 0.717) is 29.5 Å². The van der Waals surface area contributed by atoms with E-state index in [0.717, 1.165) is 18.5 Å². The number of methoxy groups -OCH3 is 2. The smallest absolute Gasteiger partial charge is 0.356 e. The molecule has 2 rings (SSSR count). The van der Waals surface area contributed by atoms with E-state index in [9.17, 15) is 4.79 Å². The van der Waals surface area contributed by atoms with Gasteiger partial charge in [-0.15, -0.1) is 0 Å². The van der Waals surface area contributed by atoms with Crippen molar-refractivity contribution >= 4 is 5.97 Å². The van der Waals surface area contributed by atoms with Crippen molar-refractivity contribution in [1.82, 2.24) is 9.88 Å². The Morgan fingerprint density at radius 1 is 1.03 bits per heavy atom. The maximum absolute atomic E-state index is 12.1. The van der Waals surface area contributed by atoms with E-state index in [-0.39, 0.29) is 12.3 Å². The molecule has 0 radical (unpaired) electrons. The normalized spacial score (nSPS) is 10.2. The molecule has 0 bridgehead atoms. The second kappa shape index (κ2) is 11.7. The molecule has 0 atom stereocenters. The lowest BCUT2D eigenvalue weighted by atomic mass is 10.2. The van der Waals surface area contributed by atoms with Crippen LogP contribution in [0.3, 0.4) is 0 Å². The molecule has 1 aromatic carbocycles. The van der Waals surface area contributed by atoms with Crippen LogP contribution in [0.4, 0.5) is 0 Å². The summed E-state index contributed by atoms with van der Waals surface area (Å²) in [5.74, 6) is 7.28. The van der Waals surface area contributed by atoms with Crippen LogP contribution in [0, 0.1) is 11.8 Å².